The highest BCUT2D eigenvalue weighted by molar-refractivity contribution is 6.35. The molecule has 1 aromatic rings. The Morgan fingerprint density at radius 2 is 1.62 bits per heavy atom. The number of nitrogens with zero attached hydrogens (tertiary/aromatic N) is 1. The van der Waals surface area contributed by atoms with Gasteiger partial charge in [-0.05, 0) is 49.7 Å². The molecule has 142 valence electrons. The van der Waals surface area contributed by atoms with E-state index in [1.807, 2.05) is 18.7 Å². The number of likely N-dealkylation sites (N-methyl/N-ethyl adjacent to an activating group) is 1. The van der Waals surface area contributed by atoms with Crippen LogP contribution in [0, 0.1) is 0 Å². The van der Waals surface area contributed by atoms with Gasteiger partial charge in [-0.2, -0.15) is 0 Å². The van der Waals surface area contributed by atoms with Gasteiger partial charge in [0.15, 0.2) is 0 Å². The second-order valence-electron chi connectivity index (χ2n) is 6.02. The lowest BCUT2D eigenvalue weighted by atomic mass is 10.0. The molecule has 0 bridgehead atoms. The number of hydrogen-bond acceptors (Lipinski definition) is 4. The van der Waals surface area contributed by atoms with E-state index < -0.39 is 23.8 Å². The fraction of sp³-hybridized carbons (Fsp3) is 0.471. The van der Waals surface area contributed by atoms with Gasteiger partial charge in [0.25, 0.3) is 5.91 Å². The minimum absolute atomic E-state index is 0.0565. The molecule has 0 saturated heterocycles. The second-order valence-corrected chi connectivity index (χ2v) is 6.89. The summed E-state index contributed by atoms with van der Waals surface area (Å²) in [4.78, 5) is 38.0. The van der Waals surface area contributed by atoms with Crippen LogP contribution in [0.15, 0.2) is 18.2 Å². The fourth-order valence-corrected chi connectivity index (χ4v) is 3.11. The molecule has 0 aromatic heterocycles. The molecule has 0 spiro atoms. The van der Waals surface area contributed by atoms with Gasteiger partial charge < -0.3 is 5.32 Å². The maximum absolute atomic E-state index is 12.7. The smallest absolute Gasteiger partial charge is 0.327 e. The van der Waals surface area contributed by atoms with E-state index in [-0.39, 0.29) is 6.04 Å². The number of halogens is 2. The van der Waals surface area contributed by atoms with E-state index in [4.69, 9.17) is 23.2 Å². The van der Waals surface area contributed by atoms with Gasteiger partial charge in [0, 0.05) is 16.1 Å². The van der Waals surface area contributed by atoms with Crippen LogP contribution in [0.4, 0.5) is 0 Å². The third-order valence-electron chi connectivity index (χ3n) is 4.04. The molecule has 7 nitrogen and oxygen atoms in total. The summed E-state index contributed by atoms with van der Waals surface area (Å²) in [5.74, 6) is -2.16. The van der Waals surface area contributed by atoms with E-state index in [9.17, 15) is 14.4 Å². The summed E-state index contributed by atoms with van der Waals surface area (Å²) in [6.45, 7) is 5.01. The molecule has 3 N–H and O–H groups in total. The molecule has 0 radical (unpaired) electrons. The Morgan fingerprint density at radius 3 is 2.12 bits per heavy atom. The molecule has 1 saturated carbocycles. The molecular weight excluding hydrogens is 379 g/mol. The Kier molecular flexibility index (Phi) is 7.25. The number of carbonyl (C=O) groups excluding carboxylic acids is 3. The zero-order chi connectivity index (χ0) is 19.3. The summed E-state index contributed by atoms with van der Waals surface area (Å²) in [5, 5.41) is 3.37. The zero-order valence-electron chi connectivity index (χ0n) is 14.6. The first-order valence-corrected chi connectivity index (χ1v) is 9.22. The van der Waals surface area contributed by atoms with Gasteiger partial charge in [-0.1, -0.05) is 37.0 Å². The average Bonchev–Trinajstić information content (AvgIpc) is 3.39. The van der Waals surface area contributed by atoms with Gasteiger partial charge in [0.1, 0.15) is 6.04 Å². The Morgan fingerprint density at radius 1 is 1.04 bits per heavy atom. The van der Waals surface area contributed by atoms with Crippen LogP contribution in [-0.2, 0) is 14.4 Å². The summed E-state index contributed by atoms with van der Waals surface area (Å²) in [6.07, 6.45) is 1.73. The van der Waals surface area contributed by atoms with Crippen LogP contribution in [0.2, 0.25) is 10.0 Å². The SMILES string of the molecule is CCN(CC)[C@H](C(=O)NNC(=O)C(=O)NC1CC1)c1cc(Cl)cc(Cl)c1. The van der Waals surface area contributed by atoms with Crippen LogP contribution in [0.3, 0.4) is 0 Å². The zero-order valence-corrected chi connectivity index (χ0v) is 16.2. The van der Waals surface area contributed by atoms with Crippen molar-refractivity contribution in [2.45, 2.75) is 38.8 Å². The van der Waals surface area contributed by atoms with Crippen molar-refractivity contribution in [2.75, 3.05) is 13.1 Å². The molecule has 0 aliphatic heterocycles. The summed E-state index contributed by atoms with van der Waals surface area (Å²) in [6, 6.07) is 4.22. The Hall–Kier alpha value is -1.83. The third-order valence-corrected chi connectivity index (χ3v) is 4.48. The van der Waals surface area contributed by atoms with Crippen LogP contribution < -0.4 is 16.2 Å². The molecule has 2 rings (SSSR count). The first kappa shape index (κ1) is 20.5. The Labute approximate surface area is 162 Å². The van der Waals surface area contributed by atoms with Crippen molar-refractivity contribution < 1.29 is 14.4 Å². The van der Waals surface area contributed by atoms with Crippen molar-refractivity contribution in [3.63, 3.8) is 0 Å². The third kappa shape index (κ3) is 5.59. The normalized spacial score (nSPS) is 14.7. The maximum atomic E-state index is 12.7. The molecule has 1 fully saturated rings. The Balaban J connectivity index is 2.09. The van der Waals surface area contributed by atoms with Crippen LogP contribution in [0.5, 0.6) is 0 Å². The van der Waals surface area contributed by atoms with Gasteiger partial charge in [0.2, 0.25) is 0 Å². The van der Waals surface area contributed by atoms with Gasteiger partial charge in [0.05, 0.1) is 0 Å². The minimum Gasteiger partial charge on any atom is -0.345 e. The summed E-state index contributed by atoms with van der Waals surface area (Å²) < 4.78 is 0. The lowest BCUT2D eigenvalue weighted by Gasteiger charge is -2.29. The van der Waals surface area contributed by atoms with Crippen LogP contribution in [0.25, 0.3) is 0 Å². The number of amides is 3. The quantitative estimate of drug-likeness (QED) is 0.501. The average molecular weight is 401 g/mol. The van der Waals surface area contributed by atoms with Gasteiger partial charge in [-0.3, -0.25) is 30.1 Å². The van der Waals surface area contributed by atoms with Gasteiger partial charge in [-0.25, -0.2) is 0 Å². The van der Waals surface area contributed by atoms with Crippen molar-refractivity contribution in [1.82, 2.24) is 21.1 Å². The largest absolute Gasteiger partial charge is 0.345 e. The van der Waals surface area contributed by atoms with E-state index >= 15 is 0 Å². The van der Waals surface area contributed by atoms with Crippen molar-refractivity contribution in [3.05, 3.63) is 33.8 Å². The van der Waals surface area contributed by atoms with Crippen molar-refractivity contribution >= 4 is 40.9 Å². The first-order chi connectivity index (χ1) is 12.3. The predicted molar refractivity (Wildman–Crippen MR) is 99.6 cm³/mol. The van der Waals surface area contributed by atoms with E-state index in [1.165, 1.54) is 0 Å². The minimum atomic E-state index is -0.910. The highest BCUT2D eigenvalue weighted by Gasteiger charge is 2.29. The van der Waals surface area contributed by atoms with Crippen molar-refractivity contribution in [1.29, 1.82) is 0 Å². The summed E-state index contributed by atoms with van der Waals surface area (Å²) in [5.41, 5.74) is 5.07. The maximum Gasteiger partial charge on any atom is 0.327 e. The monoisotopic (exact) mass is 400 g/mol. The van der Waals surface area contributed by atoms with Crippen LogP contribution in [0.1, 0.15) is 38.3 Å². The number of nitrogens with one attached hydrogen (secondary N) is 3. The number of benzene rings is 1. The summed E-state index contributed by atoms with van der Waals surface area (Å²) >= 11 is 12.1. The van der Waals surface area contributed by atoms with E-state index in [0.717, 1.165) is 12.8 Å². The standard InChI is InChI=1S/C17H22Cl2N4O3/c1-3-23(4-2)14(10-7-11(18)9-12(19)8-10)15(24)21-22-17(26)16(25)20-13-5-6-13/h7-9,13-14H,3-6H2,1-2H3,(H,20,25)(H,21,24)(H,22,26)/t14-/m0/s1. The highest BCUT2D eigenvalue weighted by atomic mass is 35.5. The highest BCUT2D eigenvalue weighted by Crippen LogP contribution is 2.27. The first-order valence-electron chi connectivity index (χ1n) is 8.46. The molecule has 9 heteroatoms. The second kappa shape index (κ2) is 9.21. The molecular formula is C17H22Cl2N4O3. The number of hydrogen-bond donors (Lipinski definition) is 3. The van der Waals surface area contributed by atoms with Crippen molar-refractivity contribution in [2.24, 2.45) is 0 Å². The van der Waals surface area contributed by atoms with E-state index in [1.54, 1.807) is 18.2 Å². The van der Waals surface area contributed by atoms with Gasteiger partial charge >= 0.3 is 11.8 Å². The predicted octanol–water partition coefficient (Wildman–Crippen LogP) is 1.80. The molecule has 1 atom stereocenters. The number of carbonyl (C=O) groups is 3. The molecule has 0 unspecified atom stereocenters. The molecule has 1 aliphatic carbocycles. The molecule has 26 heavy (non-hydrogen) atoms. The topological polar surface area (TPSA) is 90.5 Å². The molecule has 1 aliphatic rings. The Bertz CT molecular complexity index is 670. The summed E-state index contributed by atoms with van der Waals surface area (Å²) in [7, 11) is 0. The van der Waals surface area contributed by atoms with E-state index in [0.29, 0.717) is 28.7 Å². The number of rotatable bonds is 6. The fourth-order valence-electron chi connectivity index (χ4n) is 2.57. The lowest BCUT2D eigenvalue weighted by molar-refractivity contribution is -0.141. The van der Waals surface area contributed by atoms with E-state index in [2.05, 4.69) is 16.2 Å². The number of hydrazine groups is 1. The van der Waals surface area contributed by atoms with Crippen molar-refractivity contribution in [3.8, 4) is 0 Å². The van der Waals surface area contributed by atoms with Gasteiger partial charge in [-0.15, -0.1) is 0 Å². The molecule has 0 heterocycles. The molecule has 3 amide bonds. The lowest BCUT2D eigenvalue weighted by Crippen LogP contribution is -2.52. The molecule has 1 aromatic carbocycles. The van der Waals surface area contributed by atoms with Crippen LogP contribution >= 0.6 is 23.2 Å². The van der Waals surface area contributed by atoms with Crippen LogP contribution in [-0.4, -0.2) is 41.8 Å².